The van der Waals surface area contributed by atoms with E-state index in [4.69, 9.17) is 0 Å². The van der Waals surface area contributed by atoms with Crippen LogP contribution in [0.15, 0.2) is 42.7 Å². The quantitative estimate of drug-likeness (QED) is 0.887. The molecule has 1 amide bonds. The Balaban J connectivity index is 1.60. The summed E-state index contributed by atoms with van der Waals surface area (Å²) in [5, 5.41) is 10.4. The molecule has 2 N–H and O–H groups in total. The molecular formula is C15H18N4O. The Bertz CT molecular complexity index is 573. The summed E-state index contributed by atoms with van der Waals surface area (Å²) in [7, 11) is 0. The van der Waals surface area contributed by atoms with Crippen LogP contribution in [0.5, 0.6) is 0 Å². The average Bonchev–Trinajstić information content (AvgIpc) is 3.11. The lowest BCUT2D eigenvalue weighted by Crippen LogP contribution is -2.35. The van der Waals surface area contributed by atoms with Gasteiger partial charge in [0.05, 0.1) is 24.5 Å². The summed E-state index contributed by atoms with van der Waals surface area (Å²) in [6, 6.07) is 10.1. The van der Waals surface area contributed by atoms with Gasteiger partial charge in [0.2, 0.25) is 5.91 Å². The maximum Gasteiger partial charge on any atom is 0.241 e. The zero-order chi connectivity index (χ0) is 13.8. The lowest BCUT2D eigenvalue weighted by atomic mass is 10.2. The maximum atomic E-state index is 12.0. The average molecular weight is 270 g/mol. The van der Waals surface area contributed by atoms with Crippen LogP contribution < -0.4 is 10.6 Å². The summed E-state index contributed by atoms with van der Waals surface area (Å²) in [4.78, 5) is 12.0. The molecule has 0 spiro atoms. The number of anilines is 1. The summed E-state index contributed by atoms with van der Waals surface area (Å²) < 4.78 is 1.83. The fourth-order valence-corrected chi connectivity index (χ4v) is 2.42. The number of benzene rings is 1. The highest BCUT2D eigenvalue weighted by Gasteiger charge is 2.22. The van der Waals surface area contributed by atoms with Gasteiger partial charge >= 0.3 is 0 Å². The topological polar surface area (TPSA) is 59.0 Å². The molecule has 1 saturated heterocycles. The molecule has 2 aromatic rings. The zero-order valence-corrected chi connectivity index (χ0v) is 11.2. The van der Waals surface area contributed by atoms with E-state index < -0.39 is 0 Å². The van der Waals surface area contributed by atoms with Gasteiger partial charge in [-0.05, 0) is 24.9 Å². The van der Waals surface area contributed by atoms with Crippen molar-refractivity contribution in [1.29, 1.82) is 0 Å². The van der Waals surface area contributed by atoms with Gasteiger partial charge < -0.3 is 10.6 Å². The molecule has 20 heavy (non-hydrogen) atoms. The minimum absolute atomic E-state index is 0.0294. The lowest BCUT2D eigenvalue weighted by Gasteiger charge is -2.09. The highest BCUT2D eigenvalue weighted by molar-refractivity contribution is 5.94. The van der Waals surface area contributed by atoms with Gasteiger partial charge in [-0.3, -0.25) is 9.48 Å². The molecule has 0 aliphatic carbocycles. The van der Waals surface area contributed by atoms with Gasteiger partial charge in [0.15, 0.2) is 0 Å². The van der Waals surface area contributed by atoms with Crippen molar-refractivity contribution < 1.29 is 4.79 Å². The van der Waals surface area contributed by atoms with Crippen molar-refractivity contribution in [2.24, 2.45) is 0 Å². The van der Waals surface area contributed by atoms with Crippen LogP contribution in [0, 0.1) is 0 Å². The van der Waals surface area contributed by atoms with Crippen molar-refractivity contribution in [2.45, 2.75) is 25.4 Å². The molecule has 5 heteroatoms. The van der Waals surface area contributed by atoms with E-state index in [1.165, 1.54) is 5.56 Å². The zero-order valence-electron chi connectivity index (χ0n) is 11.2. The normalized spacial score (nSPS) is 18.1. The van der Waals surface area contributed by atoms with Gasteiger partial charge in [0.25, 0.3) is 0 Å². The molecule has 1 aliphatic rings. The molecule has 5 nitrogen and oxygen atoms in total. The summed E-state index contributed by atoms with van der Waals surface area (Å²) in [6.07, 6.45) is 5.52. The third kappa shape index (κ3) is 3.05. The molecule has 0 saturated carbocycles. The molecule has 1 fully saturated rings. The molecular weight excluding hydrogens is 252 g/mol. The van der Waals surface area contributed by atoms with E-state index in [0.717, 1.165) is 25.1 Å². The maximum absolute atomic E-state index is 12.0. The van der Waals surface area contributed by atoms with Gasteiger partial charge in [-0.15, -0.1) is 0 Å². The molecule has 1 aromatic carbocycles. The van der Waals surface area contributed by atoms with Crippen LogP contribution in [0.25, 0.3) is 0 Å². The van der Waals surface area contributed by atoms with Gasteiger partial charge in [0, 0.05) is 6.20 Å². The summed E-state index contributed by atoms with van der Waals surface area (Å²) in [6.45, 7) is 1.63. The number of nitrogens with one attached hydrogen (secondary N) is 2. The van der Waals surface area contributed by atoms with E-state index in [-0.39, 0.29) is 11.9 Å². The Kier molecular flexibility index (Phi) is 3.78. The Morgan fingerprint density at radius 3 is 3.00 bits per heavy atom. The second-order valence-corrected chi connectivity index (χ2v) is 5.05. The SMILES string of the molecule is O=C(Nc1cnn(Cc2ccccc2)c1)C1CCCN1. The van der Waals surface area contributed by atoms with Gasteiger partial charge in [0.1, 0.15) is 0 Å². The van der Waals surface area contributed by atoms with E-state index in [2.05, 4.69) is 27.9 Å². The lowest BCUT2D eigenvalue weighted by molar-refractivity contribution is -0.117. The van der Waals surface area contributed by atoms with Gasteiger partial charge in [-0.2, -0.15) is 5.10 Å². The van der Waals surface area contributed by atoms with E-state index in [9.17, 15) is 4.79 Å². The highest BCUT2D eigenvalue weighted by Crippen LogP contribution is 2.11. The van der Waals surface area contributed by atoms with Crippen LogP contribution in [0.1, 0.15) is 18.4 Å². The fourth-order valence-electron chi connectivity index (χ4n) is 2.42. The predicted molar refractivity (Wildman–Crippen MR) is 77.4 cm³/mol. The second-order valence-electron chi connectivity index (χ2n) is 5.05. The number of hydrogen-bond acceptors (Lipinski definition) is 3. The Labute approximate surface area is 118 Å². The minimum Gasteiger partial charge on any atom is -0.322 e. The largest absolute Gasteiger partial charge is 0.322 e. The third-order valence-corrected chi connectivity index (χ3v) is 3.46. The molecule has 104 valence electrons. The molecule has 0 radical (unpaired) electrons. The first-order chi connectivity index (χ1) is 9.81. The van der Waals surface area contributed by atoms with E-state index in [1.807, 2.05) is 29.1 Å². The first kappa shape index (κ1) is 12.9. The molecule has 3 rings (SSSR count). The Morgan fingerprint density at radius 1 is 1.40 bits per heavy atom. The number of hydrogen-bond donors (Lipinski definition) is 2. The van der Waals surface area contributed by atoms with E-state index in [0.29, 0.717) is 6.54 Å². The first-order valence-corrected chi connectivity index (χ1v) is 6.92. The molecule has 1 unspecified atom stereocenters. The van der Waals surface area contributed by atoms with Crippen LogP contribution in [0.4, 0.5) is 5.69 Å². The fraction of sp³-hybridized carbons (Fsp3) is 0.333. The van der Waals surface area contributed by atoms with Crippen LogP contribution in [0.3, 0.4) is 0 Å². The summed E-state index contributed by atoms with van der Waals surface area (Å²) >= 11 is 0. The van der Waals surface area contributed by atoms with E-state index >= 15 is 0 Å². The number of aromatic nitrogens is 2. The van der Waals surface area contributed by atoms with Crippen LogP contribution in [-0.4, -0.2) is 28.3 Å². The van der Waals surface area contributed by atoms with Crippen LogP contribution in [0.2, 0.25) is 0 Å². The molecule has 1 atom stereocenters. The van der Waals surface area contributed by atoms with Crippen molar-refractivity contribution in [3.63, 3.8) is 0 Å². The summed E-state index contributed by atoms with van der Waals surface area (Å²) in [5.74, 6) is 0.0294. The smallest absolute Gasteiger partial charge is 0.241 e. The Hall–Kier alpha value is -2.14. The Morgan fingerprint density at radius 2 is 2.25 bits per heavy atom. The third-order valence-electron chi connectivity index (χ3n) is 3.46. The predicted octanol–water partition coefficient (Wildman–Crippen LogP) is 1.62. The monoisotopic (exact) mass is 270 g/mol. The standard InChI is InChI=1S/C15H18N4O/c20-15(14-7-4-8-16-14)18-13-9-17-19(11-13)10-12-5-2-1-3-6-12/h1-3,5-6,9,11,14,16H,4,7-8,10H2,(H,18,20). The van der Waals surface area contributed by atoms with Crippen molar-refractivity contribution in [3.05, 3.63) is 48.3 Å². The van der Waals surface area contributed by atoms with Crippen molar-refractivity contribution in [1.82, 2.24) is 15.1 Å². The van der Waals surface area contributed by atoms with Crippen molar-refractivity contribution in [3.8, 4) is 0 Å². The summed E-state index contributed by atoms with van der Waals surface area (Å²) in [5.41, 5.74) is 1.94. The van der Waals surface area contributed by atoms with Crippen molar-refractivity contribution >= 4 is 11.6 Å². The van der Waals surface area contributed by atoms with Crippen molar-refractivity contribution in [2.75, 3.05) is 11.9 Å². The molecule has 1 aliphatic heterocycles. The van der Waals surface area contributed by atoms with Crippen LogP contribution >= 0.6 is 0 Å². The molecule has 1 aromatic heterocycles. The number of carbonyl (C=O) groups excluding carboxylic acids is 1. The first-order valence-electron chi connectivity index (χ1n) is 6.92. The van der Waals surface area contributed by atoms with Crippen LogP contribution in [-0.2, 0) is 11.3 Å². The molecule has 2 heterocycles. The number of carbonyl (C=O) groups is 1. The van der Waals surface area contributed by atoms with E-state index in [1.54, 1.807) is 6.20 Å². The number of amides is 1. The minimum atomic E-state index is -0.0625. The number of rotatable bonds is 4. The van der Waals surface area contributed by atoms with Gasteiger partial charge in [-0.1, -0.05) is 30.3 Å². The second kappa shape index (κ2) is 5.88. The van der Waals surface area contributed by atoms with Gasteiger partial charge in [-0.25, -0.2) is 0 Å². The highest BCUT2D eigenvalue weighted by atomic mass is 16.2. The molecule has 0 bridgehead atoms. The number of nitrogens with zero attached hydrogens (tertiary/aromatic N) is 2.